The summed E-state index contributed by atoms with van der Waals surface area (Å²) in [5.74, 6) is -0.832. The Balaban J connectivity index is 2.68. The monoisotopic (exact) mass is 259 g/mol. The van der Waals surface area contributed by atoms with Crippen LogP contribution in [0, 0.1) is 6.92 Å². The van der Waals surface area contributed by atoms with E-state index in [-0.39, 0.29) is 0 Å². The minimum Gasteiger partial charge on any atom is -0.480 e. The molecule has 0 saturated carbocycles. The third-order valence-corrected chi connectivity index (χ3v) is 3.14. The van der Waals surface area contributed by atoms with Crippen LogP contribution in [-0.4, -0.2) is 26.9 Å². The molecule has 6 heteroatoms. The van der Waals surface area contributed by atoms with Gasteiger partial charge in [-0.3, -0.25) is 14.8 Å². The molecule has 0 aromatic carbocycles. The number of aromatic nitrogens is 2. The predicted octanol–water partition coefficient (Wildman–Crippen LogP) is 1.72. The average Bonchev–Trinajstić information content (AvgIpc) is 2.49. The number of halogens is 1. The molecule has 0 bridgehead atoms. The van der Waals surface area contributed by atoms with Gasteiger partial charge in [0.1, 0.15) is 6.04 Å². The summed E-state index contributed by atoms with van der Waals surface area (Å²) in [6.45, 7) is 4.19. The molecule has 5 nitrogen and oxygen atoms in total. The van der Waals surface area contributed by atoms with Crippen molar-refractivity contribution in [3.05, 3.63) is 16.4 Å². The van der Waals surface area contributed by atoms with E-state index in [1.807, 2.05) is 13.8 Å². The molecule has 17 heavy (non-hydrogen) atoms. The van der Waals surface area contributed by atoms with Crippen molar-refractivity contribution in [3.63, 3.8) is 0 Å². The Bertz CT molecular complexity index is 404. The highest BCUT2D eigenvalue weighted by Gasteiger charge is 2.18. The maximum Gasteiger partial charge on any atom is 0.320 e. The minimum atomic E-state index is -0.832. The van der Waals surface area contributed by atoms with E-state index in [2.05, 4.69) is 10.4 Å². The van der Waals surface area contributed by atoms with Crippen LogP contribution in [0.5, 0.6) is 0 Å². The molecule has 96 valence electrons. The molecule has 1 rings (SSSR count). The van der Waals surface area contributed by atoms with Gasteiger partial charge in [0.05, 0.1) is 16.4 Å². The highest BCUT2D eigenvalue weighted by Crippen LogP contribution is 2.19. The number of hydrogen-bond donors (Lipinski definition) is 2. The Labute approximate surface area is 106 Å². The molecule has 0 saturated heterocycles. The second kappa shape index (κ2) is 6.02. The van der Waals surface area contributed by atoms with Gasteiger partial charge in [0, 0.05) is 13.6 Å². The van der Waals surface area contributed by atoms with Crippen LogP contribution < -0.4 is 5.32 Å². The number of carboxylic acids is 1. The van der Waals surface area contributed by atoms with Gasteiger partial charge in [-0.05, 0) is 13.3 Å². The van der Waals surface area contributed by atoms with E-state index in [1.165, 1.54) is 0 Å². The van der Waals surface area contributed by atoms with E-state index in [0.29, 0.717) is 18.0 Å². The first-order chi connectivity index (χ1) is 7.97. The van der Waals surface area contributed by atoms with Crippen molar-refractivity contribution in [3.8, 4) is 0 Å². The number of carboxylic acid groups (broad SMARTS) is 1. The zero-order chi connectivity index (χ0) is 13.0. The third kappa shape index (κ3) is 3.44. The van der Waals surface area contributed by atoms with Gasteiger partial charge in [0.2, 0.25) is 0 Å². The predicted molar refractivity (Wildman–Crippen MR) is 66.1 cm³/mol. The number of nitrogens with one attached hydrogen (secondary N) is 1. The van der Waals surface area contributed by atoms with Crippen molar-refractivity contribution in [2.24, 2.45) is 7.05 Å². The minimum absolute atomic E-state index is 0.410. The summed E-state index contributed by atoms with van der Waals surface area (Å²) in [4.78, 5) is 11.0. The van der Waals surface area contributed by atoms with Crippen LogP contribution in [0.1, 0.15) is 31.2 Å². The summed E-state index contributed by atoms with van der Waals surface area (Å²) in [6, 6.07) is -0.536. The molecule has 1 atom stereocenters. The molecule has 0 fully saturated rings. The molecule has 1 heterocycles. The van der Waals surface area contributed by atoms with Gasteiger partial charge in [-0.2, -0.15) is 5.10 Å². The molecule has 1 aromatic rings. The lowest BCUT2D eigenvalue weighted by Gasteiger charge is -2.13. The van der Waals surface area contributed by atoms with Crippen molar-refractivity contribution in [2.45, 2.75) is 39.3 Å². The van der Waals surface area contributed by atoms with E-state index in [1.54, 1.807) is 11.7 Å². The van der Waals surface area contributed by atoms with Crippen molar-refractivity contribution < 1.29 is 9.90 Å². The molecule has 1 aromatic heterocycles. The number of aliphatic carboxylic acids is 1. The molecule has 0 aliphatic heterocycles. The van der Waals surface area contributed by atoms with Crippen molar-refractivity contribution in [2.75, 3.05) is 0 Å². The number of carbonyl (C=O) groups is 1. The van der Waals surface area contributed by atoms with Gasteiger partial charge in [0.25, 0.3) is 0 Å². The third-order valence-electron chi connectivity index (χ3n) is 2.65. The van der Waals surface area contributed by atoms with Crippen LogP contribution in [0.3, 0.4) is 0 Å². The first kappa shape index (κ1) is 14.0. The molecule has 0 aliphatic carbocycles. The fourth-order valence-corrected chi connectivity index (χ4v) is 1.92. The van der Waals surface area contributed by atoms with Crippen LogP contribution >= 0.6 is 11.6 Å². The first-order valence-corrected chi connectivity index (χ1v) is 5.99. The van der Waals surface area contributed by atoms with E-state index in [0.717, 1.165) is 17.8 Å². The van der Waals surface area contributed by atoms with Crippen LogP contribution in [0.4, 0.5) is 0 Å². The van der Waals surface area contributed by atoms with Crippen LogP contribution in [0.15, 0.2) is 0 Å². The first-order valence-electron chi connectivity index (χ1n) is 5.61. The Morgan fingerprint density at radius 1 is 1.65 bits per heavy atom. The summed E-state index contributed by atoms with van der Waals surface area (Å²) < 4.78 is 1.68. The second-order valence-corrected chi connectivity index (χ2v) is 4.41. The zero-order valence-electron chi connectivity index (χ0n) is 10.3. The van der Waals surface area contributed by atoms with E-state index < -0.39 is 12.0 Å². The zero-order valence-corrected chi connectivity index (χ0v) is 11.1. The lowest BCUT2D eigenvalue weighted by molar-refractivity contribution is -0.139. The van der Waals surface area contributed by atoms with Crippen LogP contribution in [0.25, 0.3) is 0 Å². The Hall–Kier alpha value is -1.07. The van der Waals surface area contributed by atoms with Gasteiger partial charge in [-0.1, -0.05) is 24.9 Å². The summed E-state index contributed by atoms with van der Waals surface area (Å²) in [5, 5.41) is 16.8. The van der Waals surface area contributed by atoms with Crippen molar-refractivity contribution in [1.82, 2.24) is 15.1 Å². The van der Waals surface area contributed by atoms with Crippen LogP contribution in [0.2, 0.25) is 5.02 Å². The summed E-state index contributed by atoms with van der Waals surface area (Å²) in [5.41, 5.74) is 1.57. The van der Waals surface area contributed by atoms with Gasteiger partial charge < -0.3 is 5.11 Å². The number of aryl methyl sites for hydroxylation is 2. The van der Waals surface area contributed by atoms with E-state index in [4.69, 9.17) is 16.7 Å². The molecular weight excluding hydrogens is 242 g/mol. The topological polar surface area (TPSA) is 67.2 Å². The molecular formula is C11H18ClN3O2. The fourth-order valence-electron chi connectivity index (χ4n) is 1.69. The maximum atomic E-state index is 11.0. The Morgan fingerprint density at radius 2 is 2.29 bits per heavy atom. The smallest absolute Gasteiger partial charge is 0.320 e. The maximum absolute atomic E-state index is 11.0. The Morgan fingerprint density at radius 3 is 2.71 bits per heavy atom. The molecule has 0 aliphatic rings. The second-order valence-electron chi connectivity index (χ2n) is 4.03. The van der Waals surface area contributed by atoms with Crippen molar-refractivity contribution in [1.29, 1.82) is 0 Å². The summed E-state index contributed by atoms with van der Waals surface area (Å²) >= 11 is 6.08. The molecule has 0 spiro atoms. The highest BCUT2D eigenvalue weighted by atomic mass is 35.5. The average molecular weight is 260 g/mol. The van der Waals surface area contributed by atoms with E-state index >= 15 is 0 Å². The van der Waals surface area contributed by atoms with Gasteiger partial charge >= 0.3 is 5.97 Å². The van der Waals surface area contributed by atoms with Crippen molar-refractivity contribution >= 4 is 17.6 Å². The lowest BCUT2D eigenvalue weighted by atomic mass is 10.1. The van der Waals surface area contributed by atoms with Gasteiger partial charge in [-0.25, -0.2) is 0 Å². The van der Waals surface area contributed by atoms with Gasteiger partial charge in [-0.15, -0.1) is 0 Å². The number of hydrogen-bond acceptors (Lipinski definition) is 3. The normalized spacial score (nSPS) is 12.7. The summed E-state index contributed by atoms with van der Waals surface area (Å²) in [6.07, 6.45) is 1.42. The molecule has 2 N–H and O–H groups in total. The molecule has 1 unspecified atom stereocenters. The standard InChI is InChI=1S/C11H18ClN3O2/c1-4-5-8(11(16)17)13-6-9-10(12)7(2)14-15(9)3/h8,13H,4-6H2,1-3H3,(H,16,17). The van der Waals surface area contributed by atoms with Crippen LogP contribution in [-0.2, 0) is 18.4 Å². The fraction of sp³-hybridized carbons (Fsp3) is 0.636. The SMILES string of the molecule is CCCC(NCc1c(Cl)c(C)nn1C)C(=O)O. The van der Waals surface area contributed by atoms with Gasteiger partial charge in [0.15, 0.2) is 0 Å². The number of nitrogens with zero attached hydrogens (tertiary/aromatic N) is 2. The quantitative estimate of drug-likeness (QED) is 0.816. The largest absolute Gasteiger partial charge is 0.480 e. The molecule has 0 amide bonds. The Kier molecular flexibility index (Phi) is 4.96. The van der Waals surface area contributed by atoms with E-state index in [9.17, 15) is 4.79 Å². The highest BCUT2D eigenvalue weighted by molar-refractivity contribution is 6.31. The number of rotatable bonds is 6. The lowest BCUT2D eigenvalue weighted by Crippen LogP contribution is -2.36. The molecule has 0 radical (unpaired) electrons. The summed E-state index contributed by atoms with van der Waals surface area (Å²) in [7, 11) is 1.80.